The zero-order valence-electron chi connectivity index (χ0n) is 28.5. The van der Waals surface area contributed by atoms with Gasteiger partial charge in [0.05, 0.1) is 25.7 Å². The van der Waals surface area contributed by atoms with Gasteiger partial charge in [-0.1, -0.05) is 26.0 Å². The largest absolute Gasteiger partial charge is 0.464 e. The summed E-state index contributed by atoms with van der Waals surface area (Å²) in [6.45, 7) is 3.86. The summed E-state index contributed by atoms with van der Waals surface area (Å²) < 4.78 is 4.81. The van der Waals surface area contributed by atoms with Crippen molar-refractivity contribution in [3.63, 3.8) is 0 Å². The molecule has 278 valence electrons. The number of amides is 7. The molecule has 0 aliphatic carbocycles. The van der Waals surface area contributed by atoms with E-state index in [0.29, 0.717) is 37.1 Å². The highest BCUT2D eigenvalue weighted by Gasteiger charge is 2.33. The van der Waals surface area contributed by atoms with Crippen LogP contribution in [-0.4, -0.2) is 96.5 Å². The van der Waals surface area contributed by atoms with Crippen molar-refractivity contribution in [2.24, 2.45) is 23.1 Å². The summed E-state index contributed by atoms with van der Waals surface area (Å²) >= 11 is 0. The molecule has 18 heteroatoms. The Balaban J connectivity index is 2.13. The van der Waals surface area contributed by atoms with Gasteiger partial charge in [-0.25, -0.2) is 9.59 Å². The second-order valence-electron chi connectivity index (χ2n) is 12.3. The van der Waals surface area contributed by atoms with Gasteiger partial charge >= 0.3 is 12.0 Å². The minimum atomic E-state index is -1.34. The van der Waals surface area contributed by atoms with Crippen LogP contribution in [0, 0.1) is 5.92 Å². The van der Waals surface area contributed by atoms with Gasteiger partial charge in [-0.2, -0.15) is 0 Å². The second-order valence-corrected chi connectivity index (χ2v) is 12.3. The van der Waals surface area contributed by atoms with Crippen LogP contribution >= 0.6 is 0 Å². The summed E-state index contributed by atoms with van der Waals surface area (Å²) in [5, 5.41) is 24.8. The molecule has 0 unspecified atom stereocenters. The number of cyclic esters (lactones) is 1. The third-order valence-corrected chi connectivity index (χ3v) is 7.85. The molecular weight excluding hydrogens is 654 g/mol. The highest BCUT2D eigenvalue weighted by atomic mass is 16.5. The quantitative estimate of drug-likeness (QED) is 0.0491. The predicted molar refractivity (Wildman–Crippen MR) is 181 cm³/mol. The minimum Gasteiger partial charge on any atom is -0.464 e. The lowest BCUT2D eigenvalue weighted by molar-refractivity contribution is -0.141. The van der Waals surface area contributed by atoms with E-state index in [-0.39, 0.29) is 39.0 Å². The summed E-state index contributed by atoms with van der Waals surface area (Å²) in [5.41, 5.74) is 17.8. The fraction of sp³-hybridized carbons (Fsp3) is 0.594. The maximum absolute atomic E-state index is 13.6. The number of nitrogens with one attached hydrogen (secondary N) is 6. The molecule has 7 amide bonds. The van der Waals surface area contributed by atoms with Crippen LogP contribution in [0.4, 0.5) is 10.5 Å². The molecule has 1 aromatic rings. The van der Waals surface area contributed by atoms with Crippen LogP contribution in [0.5, 0.6) is 0 Å². The van der Waals surface area contributed by atoms with Crippen LogP contribution in [0.1, 0.15) is 64.4 Å². The monoisotopic (exact) mass is 705 g/mol. The first-order valence-corrected chi connectivity index (χ1v) is 16.6. The van der Waals surface area contributed by atoms with E-state index in [4.69, 9.17) is 21.9 Å². The molecule has 1 aliphatic heterocycles. The van der Waals surface area contributed by atoms with Crippen molar-refractivity contribution in [1.82, 2.24) is 26.6 Å². The lowest BCUT2D eigenvalue weighted by Crippen LogP contribution is -2.59. The molecule has 0 radical (unpaired) electrons. The van der Waals surface area contributed by atoms with Gasteiger partial charge < -0.3 is 58.9 Å². The SMILES string of the molecule is CC(C)[C@H](NC(=O)[C@H](CCCCN)NC(=O)[C@@H](N)CC(=O)N[C@H]1CCOC1=O)C(=O)N[C@@H](CCCNC(N)=O)C(=O)Nc1ccc(CO)cc1. The number of aliphatic hydroxyl groups excluding tert-OH is 1. The average molecular weight is 706 g/mol. The number of primary amides is 1. The molecule has 0 bridgehead atoms. The van der Waals surface area contributed by atoms with E-state index in [1.165, 1.54) is 0 Å². The lowest BCUT2D eigenvalue weighted by atomic mass is 10.0. The summed E-state index contributed by atoms with van der Waals surface area (Å²) in [6.07, 6.45) is 1.39. The highest BCUT2D eigenvalue weighted by molar-refractivity contribution is 5.99. The minimum absolute atomic E-state index is 0.108. The van der Waals surface area contributed by atoms with E-state index in [9.17, 15) is 38.7 Å². The van der Waals surface area contributed by atoms with Crippen molar-refractivity contribution in [1.29, 1.82) is 0 Å². The predicted octanol–water partition coefficient (Wildman–Crippen LogP) is -2.05. The average Bonchev–Trinajstić information content (AvgIpc) is 3.47. The number of urea groups is 1. The Kier molecular flexibility index (Phi) is 17.6. The summed E-state index contributed by atoms with van der Waals surface area (Å²) in [7, 11) is 0. The molecule has 0 saturated carbocycles. The third kappa shape index (κ3) is 14.4. The molecule has 1 aliphatic rings. The summed E-state index contributed by atoms with van der Waals surface area (Å²) in [5.74, 6) is -4.37. The molecule has 0 spiro atoms. The molecular formula is C32H51N9O9. The van der Waals surface area contributed by atoms with Crippen molar-refractivity contribution >= 4 is 47.2 Å². The number of carbonyl (C=O) groups excluding carboxylic acids is 7. The first-order chi connectivity index (χ1) is 23.7. The van der Waals surface area contributed by atoms with E-state index in [1.54, 1.807) is 38.1 Å². The maximum Gasteiger partial charge on any atom is 0.328 e. The number of esters is 1. The third-order valence-electron chi connectivity index (χ3n) is 7.85. The van der Waals surface area contributed by atoms with Crippen LogP contribution in [0.15, 0.2) is 24.3 Å². The topological polar surface area (TPSA) is 299 Å². The fourth-order valence-electron chi connectivity index (χ4n) is 4.97. The van der Waals surface area contributed by atoms with Crippen molar-refractivity contribution in [3.8, 4) is 0 Å². The summed E-state index contributed by atoms with van der Waals surface area (Å²) in [4.78, 5) is 88.5. The van der Waals surface area contributed by atoms with Crippen molar-refractivity contribution in [2.75, 3.05) is 25.0 Å². The molecule has 1 fully saturated rings. The Morgan fingerprint density at radius 3 is 2.12 bits per heavy atom. The Hall–Kier alpha value is -4.81. The molecule has 13 N–H and O–H groups in total. The number of carbonyl (C=O) groups is 7. The molecule has 1 heterocycles. The lowest BCUT2D eigenvalue weighted by Gasteiger charge is -2.28. The molecule has 5 atom stereocenters. The normalized spacial score (nSPS) is 16.3. The number of ether oxygens (including phenoxy) is 1. The van der Waals surface area contributed by atoms with Gasteiger partial charge in [-0.3, -0.25) is 24.0 Å². The van der Waals surface area contributed by atoms with Gasteiger partial charge in [0.15, 0.2) is 0 Å². The van der Waals surface area contributed by atoms with Gasteiger partial charge in [0, 0.05) is 18.7 Å². The smallest absolute Gasteiger partial charge is 0.328 e. The van der Waals surface area contributed by atoms with Crippen LogP contribution in [0.3, 0.4) is 0 Å². The highest BCUT2D eigenvalue weighted by Crippen LogP contribution is 2.13. The zero-order valence-corrected chi connectivity index (χ0v) is 28.5. The van der Waals surface area contributed by atoms with Gasteiger partial charge in [0.1, 0.15) is 24.2 Å². The van der Waals surface area contributed by atoms with Crippen molar-refractivity contribution in [3.05, 3.63) is 29.8 Å². The van der Waals surface area contributed by atoms with Crippen molar-refractivity contribution < 1.29 is 43.4 Å². The van der Waals surface area contributed by atoms with Gasteiger partial charge in [0.25, 0.3) is 0 Å². The Morgan fingerprint density at radius 1 is 0.900 bits per heavy atom. The number of nitrogens with two attached hydrogens (primary N) is 3. The first-order valence-electron chi connectivity index (χ1n) is 16.6. The maximum atomic E-state index is 13.6. The number of hydrogen-bond donors (Lipinski definition) is 10. The molecule has 0 aromatic heterocycles. The number of anilines is 1. The second kappa shape index (κ2) is 21.3. The van der Waals surface area contributed by atoms with Gasteiger partial charge in [-0.05, 0) is 62.3 Å². The van der Waals surface area contributed by atoms with Crippen LogP contribution in [-0.2, 0) is 40.1 Å². The standard InChI is InChI=1S/C32H51N9O9/c1-18(2)26(30(47)40-23(7-5-14-36-32(35)49)28(45)37-20-10-8-19(17-42)9-11-20)41-29(46)22(6-3-4-13-33)39-27(44)21(34)16-25(43)38-24-12-15-50-31(24)48/h8-11,18,21-24,26,42H,3-7,12-17,33-34H2,1-2H3,(H,37,45)(H,38,43)(H,39,44)(H,40,47)(H,41,46)(H3,35,36,49)/t21-,22-,23-,24-,26-/m0/s1. The molecule has 1 saturated heterocycles. The Morgan fingerprint density at radius 2 is 1.54 bits per heavy atom. The van der Waals surface area contributed by atoms with E-state index >= 15 is 0 Å². The number of unbranched alkanes of at least 4 members (excludes halogenated alkanes) is 1. The molecule has 2 rings (SSSR count). The number of benzene rings is 1. The van der Waals surface area contributed by atoms with E-state index < -0.39 is 84.1 Å². The van der Waals surface area contributed by atoms with Gasteiger partial charge in [-0.15, -0.1) is 0 Å². The fourth-order valence-corrected chi connectivity index (χ4v) is 4.97. The molecule has 1 aromatic carbocycles. The zero-order chi connectivity index (χ0) is 37.2. The van der Waals surface area contributed by atoms with E-state index in [2.05, 4.69) is 31.9 Å². The number of hydrogen-bond acceptors (Lipinski definition) is 11. The first kappa shape index (κ1) is 41.4. The van der Waals surface area contributed by atoms with Crippen LogP contribution < -0.4 is 49.1 Å². The van der Waals surface area contributed by atoms with Crippen LogP contribution in [0.2, 0.25) is 0 Å². The molecule has 18 nitrogen and oxygen atoms in total. The number of rotatable bonds is 21. The van der Waals surface area contributed by atoms with Crippen molar-refractivity contribution in [2.45, 2.75) is 95.6 Å². The Bertz CT molecular complexity index is 1330. The number of aliphatic hydroxyl groups is 1. The Labute approximate surface area is 290 Å². The van der Waals surface area contributed by atoms with Gasteiger partial charge in [0.2, 0.25) is 29.5 Å². The van der Waals surface area contributed by atoms with E-state index in [1.807, 2.05) is 0 Å². The van der Waals surface area contributed by atoms with Crippen LogP contribution in [0.25, 0.3) is 0 Å². The molecule has 50 heavy (non-hydrogen) atoms. The summed E-state index contributed by atoms with van der Waals surface area (Å²) in [6, 6.07) is 0.192. The van der Waals surface area contributed by atoms with E-state index in [0.717, 1.165) is 0 Å².